The highest BCUT2D eigenvalue weighted by molar-refractivity contribution is 7.93. The van der Waals surface area contributed by atoms with Crippen molar-refractivity contribution >= 4 is 45.1 Å². The Balaban J connectivity index is 2.48. The molecule has 1 aromatic carbocycles. The summed E-state index contributed by atoms with van der Waals surface area (Å²) in [6.07, 6.45) is 0. The number of nitrogen functional groups attached to an aromatic ring is 1. The summed E-state index contributed by atoms with van der Waals surface area (Å²) in [6, 6.07) is 3.07. The minimum absolute atomic E-state index is 0.00612. The Morgan fingerprint density at radius 2 is 2.05 bits per heavy atom. The van der Waals surface area contributed by atoms with Gasteiger partial charge in [-0.2, -0.15) is 4.98 Å². The molecule has 2 aromatic rings. The highest BCUT2D eigenvalue weighted by Gasteiger charge is 2.24. The monoisotopic (exact) mass is 321 g/mol. The van der Waals surface area contributed by atoms with Gasteiger partial charge >= 0.3 is 0 Å². The van der Waals surface area contributed by atoms with Crippen molar-refractivity contribution in [3.05, 3.63) is 27.7 Å². The van der Waals surface area contributed by atoms with Crippen molar-refractivity contribution in [3.8, 4) is 0 Å². The molecule has 7 nitrogen and oxygen atoms in total. The number of nitrogens with two attached hydrogens (primary N) is 1. The Bertz CT molecular complexity index is 728. The van der Waals surface area contributed by atoms with Crippen LogP contribution in [0.15, 0.2) is 17.0 Å². The summed E-state index contributed by atoms with van der Waals surface area (Å²) in [5, 5.41) is 5.93. The molecule has 0 aliphatic heterocycles. The van der Waals surface area contributed by atoms with Gasteiger partial charge < -0.3 is 5.73 Å². The van der Waals surface area contributed by atoms with E-state index >= 15 is 0 Å². The first-order chi connectivity index (χ1) is 8.81. The summed E-state index contributed by atoms with van der Waals surface area (Å²) in [6.45, 7) is 1.67. The molecule has 0 saturated heterocycles. The summed E-state index contributed by atoms with van der Waals surface area (Å²) < 4.78 is 26.5. The van der Waals surface area contributed by atoms with Gasteiger partial charge in [0.15, 0.2) is 0 Å². The molecule has 0 fully saturated rings. The van der Waals surface area contributed by atoms with Gasteiger partial charge in [-0.15, -0.1) is 5.10 Å². The van der Waals surface area contributed by atoms with Crippen LogP contribution in [0.3, 0.4) is 0 Å². The fourth-order valence-electron chi connectivity index (χ4n) is 1.37. The topological polar surface area (TPSA) is 114 Å². The van der Waals surface area contributed by atoms with E-state index in [1.807, 2.05) is 0 Å². The quantitative estimate of drug-likeness (QED) is 0.797. The normalized spacial score (nSPS) is 11.5. The van der Waals surface area contributed by atoms with E-state index in [0.29, 0.717) is 5.56 Å². The van der Waals surface area contributed by atoms with Crippen LogP contribution in [0.2, 0.25) is 10.0 Å². The lowest BCUT2D eigenvalue weighted by molar-refractivity contribution is 0.601. The summed E-state index contributed by atoms with van der Waals surface area (Å²) in [5.41, 5.74) is 5.89. The third-order valence-corrected chi connectivity index (χ3v) is 4.68. The Morgan fingerprint density at radius 1 is 1.37 bits per heavy atom. The minimum atomic E-state index is -4.00. The average molecular weight is 322 g/mol. The smallest absolute Gasteiger partial charge is 0.267 e. The largest absolute Gasteiger partial charge is 0.368 e. The minimum Gasteiger partial charge on any atom is -0.368 e. The lowest BCUT2D eigenvalue weighted by Crippen LogP contribution is -2.15. The number of rotatable bonds is 3. The molecule has 0 aliphatic rings. The molecule has 102 valence electrons. The van der Waals surface area contributed by atoms with Crippen LogP contribution in [-0.4, -0.2) is 23.6 Å². The molecule has 1 aromatic heterocycles. The molecule has 2 rings (SSSR count). The molecule has 0 spiro atoms. The number of aromatic nitrogens is 3. The number of aryl methyl sites for hydroxylation is 1. The summed E-state index contributed by atoms with van der Waals surface area (Å²) in [7, 11) is -4.00. The van der Waals surface area contributed by atoms with Gasteiger partial charge in [-0.1, -0.05) is 29.3 Å². The second-order valence-electron chi connectivity index (χ2n) is 3.66. The molecule has 0 amide bonds. The zero-order valence-corrected chi connectivity index (χ0v) is 11.9. The van der Waals surface area contributed by atoms with Crippen LogP contribution in [0.1, 0.15) is 5.56 Å². The fourth-order valence-corrected chi connectivity index (χ4v) is 3.50. The standard InChI is InChI=1S/C9H9Cl2N5O2S/c1-4-2-3-5(10)7(6(4)11)19(17,18)16-9-13-8(12)14-15-9/h2-3H,1H3,(H4,12,13,14,15,16). The lowest BCUT2D eigenvalue weighted by atomic mass is 10.2. The molecule has 19 heavy (non-hydrogen) atoms. The highest BCUT2D eigenvalue weighted by atomic mass is 35.5. The molecule has 0 unspecified atom stereocenters. The number of nitrogens with one attached hydrogen (secondary N) is 2. The van der Waals surface area contributed by atoms with Gasteiger partial charge in [-0.05, 0) is 18.6 Å². The van der Waals surface area contributed by atoms with E-state index < -0.39 is 10.0 Å². The summed E-state index contributed by atoms with van der Waals surface area (Å²) in [4.78, 5) is 3.41. The predicted octanol–water partition coefficient (Wildman–Crippen LogP) is 1.80. The van der Waals surface area contributed by atoms with E-state index in [0.717, 1.165) is 0 Å². The molecule has 0 bridgehead atoms. The number of halogens is 2. The van der Waals surface area contributed by atoms with Crippen molar-refractivity contribution < 1.29 is 8.42 Å². The Labute approximate surface area is 119 Å². The fraction of sp³-hybridized carbons (Fsp3) is 0.111. The van der Waals surface area contributed by atoms with Crippen molar-refractivity contribution in [3.63, 3.8) is 0 Å². The zero-order valence-electron chi connectivity index (χ0n) is 9.61. The first kappa shape index (κ1) is 13.9. The lowest BCUT2D eigenvalue weighted by Gasteiger charge is -2.10. The van der Waals surface area contributed by atoms with Crippen molar-refractivity contribution in [2.24, 2.45) is 0 Å². The van der Waals surface area contributed by atoms with E-state index in [2.05, 4.69) is 19.9 Å². The first-order valence-electron chi connectivity index (χ1n) is 4.96. The van der Waals surface area contributed by atoms with E-state index in [1.165, 1.54) is 6.07 Å². The number of aromatic amines is 1. The van der Waals surface area contributed by atoms with Crippen LogP contribution in [0.5, 0.6) is 0 Å². The second-order valence-corrected chi connectivity index (χ2v) is 6.06. The molecule has 0 radical (unpaired) electrons. The van der Waals surface area contributed by atoms with Crippen molar-refractivity contribution in [1.82, 2.24) is 15.2 Å². The van der Waals surface area contributed by atoms with Gasteiger partial charge in [-0.3, -0.25) is 0 Å². The molecule has 0 atom stereocenters. The Kier molecular flexibility index (Phi) is 3.57. The van der Waals surface area contributed by atoms with Crippen LogP contribution >= 0.6 is 23.2 Å². The maximum Gasteiger partial charge on any atom is 0.267 e. The second kappa shape index (κ2) is 4.87. The number of sulfonamides is 1. The van der Waals surface area contributed by atoms with Crippen LogP contribution in [0, 0.1) is 6.92 Å². The van der Waals surface area contributed by atoms with Gasteiger partial charge in [0, 0.05) is 0 Å². The predicted molar refractivity (Wildman–Crippen MR) is 72.8 cm³/mol. The van der Waals surface area contributed by atoms with Gasteiger partial charge in [0.05, 0.1) is 10.0 Å². The third-order valence-electron chi connectivity index (χ3n) is 2.24. The van der Waals surface area contributed by atoms with E-state index in [4.69, 9.17) is 28.9 Å². The third kappa shape index (κ3) is 2.75. The number of H-pyrrole nitrogens is 1. The van der Waals surface area contributed by atoms with E-state index in [9.17, 15) is 8.42 Å². The number of anilines is 2. The zero-order chi connectivity index (χ0) is 14.2. The average Bonchev–Trinajstić information content (AvgIpc) is 2.68. The Morgan fingerprint density at radius 3 is 2.63 bits per heavy atom. The molecule has 10 heteroatoms. The summed E-state index contributed by atoms with van der Waals surface area (Å²) >= 11 is 11.9. The van der Waals surface area contributed by atoms with Crippen LogP contribution in [0.25, 0.3) is 0 Å². The molecule has 0 saturated carbocycles. The maximum atomic E-state index is 12.2. The molecular weight excluding hydrogens is 313 g/mol. The van der Waals surface area contributed by atoms with E-state index in [1.54, 1.807) is 13.0 Å². The number of hydrogen-bond acceptors (Lipinski definition) is 5. The summed E-state index contributed by atoms with van der Waals surface area (Å²) in [5.74, 6) is -0.203. The van der Waals surface area contributed by atoms with Crippen molar-refractivity contribution in [1.29, 1.82) is 0 Å². The van der Waals surface area contributed by atoms with Crippen LogP contribution in [0.4, 0.5) is 11.9 Å². The molecule has 4 N–H and O–H groups in total. The van der Waals surface area contributed by atoms with Gasteiger partial charge in [0.2, 0.25) is 5.95 Å². The molecular formula is C9H9Cl2N5O2S. The van der Waals surface area contributed by atoms with Crippen molar-refractivity contribution in [2.45, 2.75) is 11.8 Å². The van der Waals surface area contributed by atoms with Gasteiger partial charge in [-0.25, -0.2) is 18.2 Å². The Hall–Kier alpha value is -1.51. The van der Waals surface area contributed by atoms with Crippen LogP contribution < -0.4 is 10.5 Å². The number of hydrogen-bond donors (Lipinski definition) is 3. The van der Waals surface area contributed by atoms with Crippen molar-refractivity contribution in [2.75, 3.05) is 10.5 Å². The van der Waals surface area contributed by atoms with Gasteiger partial charge in [0.1, 0.15) is 4.90 Å². The first-order valence-corrected chi connectivity index (χ1v) is 7.20. The van der Waals surface area contributed by atoms with E-state index in [-0.39, 0.29) is 26.8 Å². The molecule has 0 aliphatic carbocycles. The van der Waals surface area contributed by atoms with Gasteiger partial charge in [0.25, 0.3) is 16.0 Å². The number of nitrogens with zero attached hydrogens (tertiary/aromatic N) is 2. The SMILES string of the molecule is Cc1ccc(Cl)c(S(=O)(=O)Nc2n[nH]c(N)n2)c1Cl. The molecule has 1 heterocycles. The number of benzene rings is 1. The highest BCUT2D eigenvalue weighted by Crippen LogP contribution is 2.32. The van der Waals surface area contributed by atoms with Crippen LogP contribution in [-0.2, 0) is 10.0 Å². The maximum absolute atomic E-state index is 12.2.